The summed E-state index contributed by atoms with van der Waals surface area (Å²) in [4.78, 5) is 37.0. The van der Waals surface area contributed by atoms with Crippen LogP contribution in [0, 0.1) is 0 Å². The number of aliphatic hydroxyl groups is 2. The average molecular weight is 577 g/mol. The number of amides is 3. The van der Waals surface area contributed by atoms with Gasteiger partial charge < -0.3 is 28.7 Å². The molecule has 6 atom stereocenters. The van der Waals surface area contributed by atoms with E-state index in [4.69, 9.17) is 30.3 Å². The molecule has 0 bridgehead atoms. The van der Waals surface area contributed by atoms with Crippen molar-refractivity contribution in [3.8, 4) is 5.75 Å². The largest absolute Gasteiger partial charge is 0.462 e. The lowest BCUT2D eigenvalue weighted by atomic mass is 9.96. The zero-order valence-electron chi connectivity index (χ0n) is 20.7. The topological polar surface area (TPSA) is 160 Å². The van der Waals surface area contributed by atoms with E-state index in [2.05, 4.69) is 4.72 Å². The van der Waals surface area contributed by atoms with Crippen LogP contribution in [-0.4, -0.2) is 75.8 Å². The van der Waals surface area contributed by atoms with Crippen molar-refractivity contribution in [1.82, 2.24) is 9.62 Å². The zero-order chi connectivity index (χ0) is 27.4. The number of quaternary nitrogens is 1. The maximum absolute atomic E-state index is 12.3. The lowest BCUT2D eigenvalue weighted by molar-refractivity contribution is -0.477. The highest BCUT2D eigenvalue weighted by Gasteiger charge is 2.56. The molecule has 15 heteroatoms. The molecule has 1 aromatic rings. The Morgan fingerprint density at radius 3 is 2.62 bits per heavy atom. The van der Waals surface area contributed by atoms with E-state index in [0.29, 0.717) is 5.75 Å². The Bertz CT molecular complexity index is 1070. The number of urea groups is 1. The number of nitrogens with one attached hydrogen (secondary N) is 1. The maximum atomic E-state index is 12.3. The van der Waals surface area contributed by atoms with Gasteiger partial charge in [0.15, 0.2) is 6.23 Å². The summed E-state index contributed by atoms with van der Waals surface area (Å²) in [6.07, 6.45) is -1.79. The first-order chi connectivity index (χ1) is 17.3. The minimum atomic E-state index is -3.25. The number of hydrogen-bond acceptors (Lipinski definition) is 12. The fourth-order valence-corrected chi connectivity index (χ4v) is 7.05. The molecule has 1 fully saturated rings. The van der Waals surface area contributed by atoms with Gasteiger partial charge in [-0.2, -0.15) is 5.32 Å². The molecular formula is C22H31N3O9PS2+. The van der Waals surface area contributed by atoms with Gasteiger partial charge in [-0.25, -0.2) is 19.2 Å². The summed E-state index contributed by atoms with van der Waals surface area (Å²) in [5.74, 6) is -0.541. The second-order valence-electron chi connectivity index (χ2n) is 8.87. The Kier molecular flexibility index (Phi) is 9.89. The van der Waals surface area contributed by atoms with Crippen molar-refractivity contribution in [3.63, 3.8) is 0 Å². The summed E-state index contributed by atoms with van der Waals surface area (Å²) in [6, 6.07) is 7.28. The van der Waals surface area contributed by atoms with Crippen LogP contribution in [-0.2, 0) is 35.4 Å². The van der Waals surface area contributed by atoms with Crippen LogP contribution < -0.4 is 14.6 Å². The first-order valence-corrected chi connectivity index (χ1v) is 15.5. The van der Waals surface area contributed by atoms with Gasteiger partial charge in [0.1, 0.15) is 29.6 Å². The van der Waals surface area contributed by atoms with Crippen LogP contribution in [0.4, 0.5) is 4.79 Å². The third-order valence-corrected chi connectivity index (χ3v) is 9.65. The number of para-hydroxylation sites is 1. The predicted octanol–water partition coefficient (Wildman–Crippen LogP) is 0.761. The van der Waals surface area contributed by atoms with Crippen molar-refractivity contribution in [3.05, 3.63) is 42.6 Å². The number of aliphatic hydroxyl groups excluding tert-OH is 1. The first kappa shape index (κ1) is 29.7. The minimum absolute atomic E-state index is 0.291. The van der Waals surface area contributed by atoms with Gasteiger partial charge >= 0.3 is 23.6 Å². The Hall–Kier alpha value is -1.87. The number of nitrogens with two attached hydrogens (primary N) is 1. The molecule has 1 aromatic carbocycles. The summed E-state index contributed by atoms with van der Waals surface area (Å²) in [6.45, 7) is 6.10. The molecule has 0 spiro atoms. The molecule has 0 saturated carbocycles. The summed E-state index contributed by atoms with van der Waals surface area (Å²) >= 11 is 6.60. The van der Waals surface area contributed by atoms with Gasteiger partial charge in [-0.15, -0.1) is 0 Å². The van der Waals surface area contributed by atoms with Crippen LogP contribution in [0.15, 0.2) is 42.6 Å². The number of carbonyl (C=O) groups is 3. The highest BCUT2D eigenvalue weighted by molar-refractivity contribution is 8.67. The molecule has 5 N–H and O–H groups in total. The Labute approximate surface area is 223 Å². The number of hydrogen-bond donors (Lipinski definition) is 4. The van der Waals surface area contributed by atoms with E-state index in [9.17, 15) is 24.6 Å². The van der Waals surface area contributed by atoms with E-state index in [1.807, 2.05) is 0 Å². The van der Waals surface area contributed by atoms with Crippen LogP contribution in [0.5, 0.6) is 5.75 Å². The molecule has 37 heavy (non-hydrogen) atoms. The highest BCUT2D eigenvalue weighted by Crippen LogP contribution is 2.59. The fraction of sp³-hybridized carbons (Fsp3) is 0.500. The lowest BCUT2D eigenvalue weighted by Crippen LogP contribution is -2.95. The lowest BCUT2D eigenvalue weighted by Gasteiger charge is -2.32. The van der Waals surface area contributed by atoms with E-state index < -0.39 is 53.7 Å². The van der Waals surface area contributed by atoms with Crippen LogP contribution in [0.2, 0.25) is 0 Å². The van der Waals surface area contributed by atoms with Crippen molar-refractivity contribution < 1.29 is 48.4 Å². The van der Waals surface area contributed by atoms with E-state index >= 15 is 0 Å². The van der Waals surface area contributed by atoms with E-state index in [1.165, 1.54) is 13.1 Å². The molecule has 0 aromatic heterocycles. The monoisotopic (exact) mass is 576 g/mol. The van der Waals surface area contributed by atoms with Gasteiger partial charge in [-0.1, -0.05) is 18.2 Å². The predicted molar refractivity (Wildman–Crippen MR) is 137 cm³/mol. The van der Waals surface area contributed by atoms with Crippen LogP contribution in [0.1, 0.15) is 27.7 Å². The summed E-state index contributed by atoms with van der Waals surface area (Å²) in [5.41, 5.74) is -5.13. The molecule has 3 amide bonds. The third-order valence-electron chi connectivity index (χ3n) is 5.33. The molecule has 12 nitrogen and oxygen atoms in total. The van der Waals surface area contributed by atoms with Crippen LogP contribution >= 0.6 is 17.3 Å². The molecule has 1 saturated heterocycles. The van der Waals surface area contributed by atoms with E-state index in [0.717, 1.165) is 27.9 Å². The quantitative estimate of drug-likeness (QED) is 0.167. The molecular weight excluding hydrogens is 545 g/mol. The van der Waals surface area contributed by atoms with Gasteiger partial charge in [0.05, 0.1) is 18.8 Å². The number of ether oxygens (including phenoxy) is 2. The molecule has 204 valence electrons. The Morgan fingerprint density at radius 2 is 2.00 bits per heavy atom. The molecule has 0 radical (unpaired) electrons. The molecule has 2 aliphatic rings. The van der Waals surface area contributed by atoms with Crippen molar-refractivity contribution in [2.75, 3.05) is 6.61 Å². The van der Waals surface area contributed by atoms with Gasteiger partial charge in [-0.3, -0.25) is 4.79 Å². The number of benzene rings is 1. The second kappa shape index (κ2) is 12.3. The van der Waals surface area contributed by atoms with E-state index in [1.54, 1.807) is 51.1 Å². The van der Waals surface area contributed by atoms with Crippen molar-refractivity contribution in [2.45, 2.75) is 63.9 Å². The smallest absolute Gasteiger partial charge is 0.429 e. The number of rotatable bonds is 11. The van der Waals surface area contributed by atoms with E-state index in [-0.39, 0.29) is 12.7 Å². The highest BCUT2D eigenvalue weighted by atomic mass is 32.9. The van der Waals surface area contributed by atoms with Crippen molar-refractivity contribution in [1.29, 1.82) is 0 Å². The Morgan fingerprint density at radius 1 is 1.32 bits per heavy atom. The number of imide groups is 1. The van der Waals surface area contributed by atoms with Gasteiger partial charge in [-0.05, 0) is 51.6 Å². The minimum Gasteiger partial charge on any atom is -0.462 e. The molecule has 6 unspecified atom stereocenters. The van der Waals surface area contributed by atoms with Gasteiger partial charge in [0.25, 0.3) is 0 Å². The van der Waals surface area contributed by atoms with Gasteiger partial charge in [0.2, 0.25) is 0 Å². The van der Waals surface area contributed by atoms with Gasteiger partial charge in [0, 0.05) is 17.8 Å². The first-order valence-electron chi connectivity index (χ1n) is 11.4. The van der Waals surface area contributed by atoms with Crippen molar-refractivity contribution >= 4 is 47.0 Å². The molecule has 0 aliphatic carbocycles. The van der Waals surface area contributed by atoms with Crippen LogP contribution in [0.25, 0.3) is 0 Å². The Balaban J connectivity index is 1.72. The average Bonchev–Trinajstić information content (AvgIpc) is 3.05. The maximum Gasteiger partial charge on any atom is 0.429 e. The summed E-state index contributed by atoms with van der Waals surface area (Å²) in [5, 5.41) is 22.6. The summed E-state index contributed by atoms with van der Waals surface area (Å²) in [7, 11) is 0. The molecule has 2 aliphatic heterocycles. The third kappa shape index (κ3) is 7.59. The summed E-state index contributed by atoms with van der Waals surface area (Å²) < 4.78 is 25.8. The number of carbonyl (C=O) groups excluding carboxylic acids is 3. The zero-order valence-corrected chi connectivity index (χ0v) is 23.2. The fourth-order valence-electron chi connectivity index (χ4n) is 3.42. The second-order valence-corrected chi connectivity index (χ2v) is 14.7. The SMILES string of the molecule is CC(C)OC(=O)C(C)NSP(=S)(OCC1OC(N2C=CC(=O)[NH2+]C2=O)C(C)(O)C1O)Oc1ccccc1. The number of nitrogens with zero attached hydrogens (tertiary/aromatic N) is 1. The standard InChI is InChI=1S/C22H30N3O9PS2/c1-13(2)32-19(28)14(3)24-37-35(36,34-15-8-6-5-7-9-15)31-12-16-18(27)22(4,30)20(33-16)25-11-10-17(26)23-21(25)29/h5-11,13-14,16,18,20,24,27,30H,12H2,1-4H3,(H,23,26,29)/p+1. The van der Waals surface area contributed by atoms with Crippen LogP contribution in [0.3, 0.4) is 0 Å². The normalized spacial score (nSPS) is 28.3. The number of primary amides is 2. The molecule has 3 rings (SSSR count). The number of esters is 1. The van der Waals surface area contributed by atoms with Crippen molar-refractivity contribution in [2.24, 2.45) is 0 Å². The molecule has 2 heterocycles.